The SMILES string of the molecule is CCN(C)C(=O)CSCC(=O)Nc1ccc(C)cc1. The van der Waals surface area contributed by atoms with Crippen molar-refractivity contribution >= 4 is 29.3 Å². The summed E-state index contributed by atoms with van der Waals surface area (Å²) in [7, 11) is 1.76. The third kappa shape index (κ3) is 5.79. The van der Waals surface area contributed by atoms with Crippen molar-refractivity contribution in [2.75, 3.05) is 30.4 Å². The summed E-state index contributed by atoms with van der Waals surface area (Å²) in [6.07, 6.45) is 0. The first-order valence-corrected chi connectivity index (χ1v) is 7.36. The van der Waals surface area contributed by atoms with E-state index in [2.05, 4.69) is 5.32 Å². The molecule has 4 nitrogen and oxygen atoms in total. The Labute approximate surface area is 118 Å². The summed E-state index contributed by atoms with van der Waals surface area (Å²) in [5.41, 5.74) is 1.94. The van der Waals surface area contributed by atoms with E-state index in [1.807, 2.05) is 38.1 Å². The molecule has 1 aromatic carbocycles. The van der Waals surface area contributed by atoms with E-state index in [9.17, 15) is 9.59 Å². The first kappa shape index (κ1) is 15.6. The Morgan fingerprint density at radius 1 is 1.21 bits per heavy atom. The van der Waals surface area contributed by atoms with Gasteiger partial charge in [-0.3, -0.25) is 9.59 Å². The molecule has 1 aromatic rings. The first-order chi connectivity index (χ1) is 9.02. The summed E-state index contributed by atoms with van der Waals surface area (Å²) in [6.45, 7) is 4.61. The zero-order valence-electron chi connectivity index (χ0n) is 11.6. The molecule has 2 amide bonds. The number of benzene rings is 1. The van der Waals surface area contributed by atoms with Gasteiger partial charge >= 0.3 is 0 Å². The van der Waals surface area contributed by atoms with Crippen LogP contribution in [0.25, 0.3) is 0 Å². The molecular weight excluding hydrogens is 260 g/mol. The van der Waals surface area contributed by atoms with Gasteiger partial charge in [-0.2, -0.15) is 0 Å². The van der Waals surface area contributed by atoms with Crippen LogP contribution in [0.5, 0.6) is 0 Å². The molecule has 0 saturated heterocycles. The lowest BCUT2D eigenvalue weighted by atomic mass is 10.2. The van der Waals surface area contributed by atoms with Crippen LogP contribution in [0.3, 0.4) is 0 Å². The Kier molecular flexibility index (Phi) is 6.42. The number of amides is 2. The average Bonchev–Trinajstić information content (AvgIpc) is 2.40. The Bertz CT molecular complexity index is 432. The molecular formula is C14H20N2O2S. The van der Waals surface area contributed by atoms with Crippen molar-refractivity contribution in [3.8, 4) is 0 Å². The van der Waals surface area contributed by atoms with Gasteiger partial charge in [0.2, 0.25) is 11.8 Å². The van der Waals surface area contributed by atoms with E-state index in [4.69, 9.17) is 0 Å². The summed E-state index contributed by atoms with van der Waals surface area (Å²) in [6, 6.07) is 7.63. The lowest BCUT2D eigenvalue weighted by molar-refractivity contribution is -0.126. The van der Waals surface area contributed by atoms with Crippen LogP contribution < -0.4 is 5.32 Å². The molecule has 0 aromatic heterocycles. The molecule has 0 atom stereocenters. The van der Waals surface area contributed by atoms with Gasteiger partial charge in [-0.25, -0.2) is 0 Å². The highest BCUT2D eigenvalue weighted by Crippen LogP contribution is 2.10. The van der Waals surface area contributed by atoms with Gasteiger partial charge in [-0.1, -0.05) is 17.7 Å². The van der Waals surface area contributed by atoms with Crippen molar-refractivity contribution in [1.82, 2.24) is 4.90 Å². The van der Waals surface area contributed by atoms with Crippen molar-refractivity contribution in [3.63, 3.8) is 0 Å². The second-order valence-corrected chi connectivity index (χ2v) is 5.30. The van der Waals surface area contributed by atoms with Crippen molar-refractivity contribution in [3.05, 3.63) is 29.8 Å². The molecule has 1 N–H and O–H groups in total. The monoisotopic (exact) mass is 280 g/mol. The number of carbonyl (C=O) groups excluding carboxylic acids is 2. The van der Waals surface area contributed by atoms with Crippen molar-refractivity contribution in [1.29, 1.82) is 0 Å². The van der Waals surface area contributed by atoms with Crippen molar-refractivity contribution < 1.29 is 9.59 Å². The average molecular weight is 280 g/mol. The fourth-order valence-corrected chi connectivity index (χ4v) is 2.11. The molecule has 0 spiro atoms. The van der Waals surface area contributed by atoms with Gasteiger partial charge in [-0.15, -0.1) is 11.8 Å². The third-order valence-corrected chi connectivity index (χ3v) is 3.61. The number of nitrogens with zero attached hydrogens (tertiary/aromatic N) is 1. The van der Waals surface area contributed by atoms with Crippen LogP contribution in [-0.4, -0.2) is 41.8 Å². The summed E-state index contributed by atoms with van der Waals surface area (Å²) in [5.74, 6) is 0.597. The molecule has 0 heterocycles. The number of thioether (sulfide) groups is 1. The molecule has 5 heteroatoms. The van der Waals surface area contributed by atoms with Gasteiger partial charge < -0.3 is 10.2 Å². The predicted octanol–water partition coefficient (Wildman–Crippen LogP) is 2.15. The molecule has 104 valence electrons. The maximum atomic E-state index is 11.7. The van der Waals surface area contributed by atoms with E-state index in [1.165, 1.54) is 11.8 Å². The second kappa shape index (κ2) is 7.84. The Balaban J connectivity index is 2.28. The lowest BCUT2D eigenvalue weighted by Crippen LogP contribution is -2.28. The number of nitrogens with one attached hydrogen (secondary N) is 1. The van der Waals surface area contributed by atoms with E-state index in [-0.39, 0.29) is 17.6 Å². The molecule has 0 fully saturated rings. The summed E-state index contributed by atoms with van der Waals surface area (Å²) in [5, 5.41) is 2.80. The fourth-order valence-electron chi connectivity index (χ4n) is 1.35. The van der Waals surface area contributed by atoms with E-state index in [0.29, 0.717) is 12.3 Å². The maximum absolute atomic E-state index is 11.7. The van der Waals surface area contributed by atoms with Crippen molar-refractivity contribution in [2.45, 2.75) is 13.8 Å². The van der Waals surface area contributed by atoms with Crippen LogP contribution in [0, 0.1) is 6.92 Å². The molecule has 0 unspecified atom stereocenters. The lowest BCUT2D eigenvalue weighted by Gasteiger charge is -2.13. The second-order valence-electron chi connectivity index (χ2n) is 4.31. The summed E-state index contributed by atoms with van der Waals surface area (Å²) in [4.78, 5) is 24.8. The van der Waals surface area contributed by atoms with E-state index < -0.39 is 0 Å². The molecule has 0 aliphatic rings. The Morgan fingerprint density at radius 2 is 1.84 bits per heavy atom. The van der Waals surface area contributed by atoms with E-state index in [0.717, 1.165) is 11.3 Å². The van der Waals surface area contributed by atoms with Gasteiger partial charge in [0.1, 0.15) is 0 Å². The van der Waals surface area contributed by atoms with Crippen LogP contribution in [0.4, 0.5) is 5.69 Å². The number of hydrogen-bond acceptors (Lipinski definition) is 3. The topological polar surface area (TPSA) is 49.4 Å². The minimum absolute atomic E-state index is 0.0515. The number of hydrogen-bond donors (Lipinski definition) is 1. The fraction of sp³-hybridized carbons (Fsp3) is 0.429. The largest absolute Gasteiger partial charge is 0.345 e. The highest BCUT2D eigenvalue weighted by atomic mass is 32.2. The van der Waals surface area contributed by atoms with Crippen LogP contribution in [0.2, 0.25) is 0 Å². The van der Waals surface area contributed by atoms with Crippen LogP contribution in [-0.2, 0) is 9.59 Å². The standard InChI is InChI=1S/C14H20N2O2S/c1-4-16(3)14(18)10-19-9-13(17)15-12-7-5-11(2)6-8-12/h5-8H,4,9-10H2,1-3H3,(H,15,17). The van der Waals surface area contributed by atoms with Gasteiger partial charge in [0.15, 0.2) is 0 Å². The number of rotatable bonds is 6. The quantitative estimate of drug-likeness (QED) is 0.868. The maximum Gasteiger partial charge on any atom is 0.234 e. The zero-order chi connectivity index (χ0) is 14.3. The minimum Gasteiger partial charge on any atom is -0.345 e. The molecule has 0 aliphatic heterocycles. The van der Waals surface area contributed by atoms with Crippen LogP contribution >= 0.6 is 11.8 Å². The third-order valence-electron chi connectivity index (χ3n) is 2.69. The number of aryl methyl sites for hydroxylation is 1. The van der Waals surface area contributed by atoms with Gasteiger partial charge in [0.25, 0.3) is 0 Å². The van der Waals surface area contributed by atoms with E-state index in [1.54, 1.807) is 11.9 Å². The molecule has 1 rings (SSSR count). The molecule has 0 aliphatic carbocycles. The zero-order valence-corrected chi connectivity index (χ0v) is 12.4. The Morgan fingerprint density at radius 3 is 2.42 bits per heavy atom. The van der Waals surface area contributed by atoms with Crippen LogP contribution in [0.15, 0.2) is 24.3 Å². The summed E-state index contributed by atoms with van der Waals surface area (Å²) < 4.78 is 0. The van der Waals surface area contributed by atoms with Crippen molar-refractivity contribution in [2.24, 2.45) is 0 Å². The predicted molar refractivity (Wildman–Crippen MR) is 80.4 cm³/mol. The van der Waals surface area contributed by atoms with Gasteiger partial charge in [-0.05, 0) is 26.0 Å². The normalized spacial score (nSPS) is 10.1. The molecule has 0 bridgehead atoms. The van der Waals surface area contributed by atoms with Gasteiger partial charge in [0.05, 0.1) is 11.5 Å². The van der Waals surface area contributed by atoms with Crippen LogP contribution in [0.1, 0.15) is 12.5 Å². The highest BCUT2D eigenvalue weighted by Gasteiger charge is 2.08. The number of anilines is 1. The Hall–Kier alpha value is -1.49. The first-order valence-electron chi connectivity index (χ1n) is 6.21. The molecule has 19 heavy (non-hydrogen) atoms. The van der Waals surface area contributed by atoms with E-state index >= 15 is 0 Å². The molecule has 0 radical (unpaired) electrons. The highest BCUT2D eigenvalue weighted by molar-refractivity contribution is 8.00. The number of carbonyl (C=O) groups is 2. The molecule has 0 saturated carbocycles. The smallest absolute Gasteiger partial charge is 0.234 e. The minimum atomic E-state index is -0.0826. The summed E-state index contributed by atoms with van der Waals surface area (Å²) >= 11 is 1.33. The van der Waals surface area contributed by atoms with Gasteiger partial charge in [0, 0.05) is 19.3 Å².